The number of fused-ring (bicyclic) bond motifs is 1. The molecule has 1 fully saturated rings. The normalized spacial score (nSPS) is 17.3. The van der Waals surface area contributed by atoms with Gasteiger partial charge in [-0.2, -0.15) is 4.98 Å². The summed E-state index contributed by atoms with van der Waals surface area (Å²) in [7, 11) is 0. The highest BCUT2D eigenvalue weighted by Gasteiger charge is 2.27. The van der Waals surface area contributed by atoms with Crippen molar-refractivity contribution in [2.75, 3.05) is 11.9 Å². The van der Waals surface area contributed by atoms with Crippen molar-refractivity contribution in [3.63, 3.8) is 0 Å². The Morgan fingerprint density at radius 3 is 3.12 bits per heavy atom. The Hall–Kier alpha value is -1.58. The maximum absolute atomic E-state index is 4.47. The van der Waals surface area contributed by atoms with Gasteiger partial charge in [0, 0.05) is 12.7 Å². The summed E-state index contributed by atoms with van der Waals surface area (Å²) in [6.45, 7) is 5.34. The van der Waals surface area contributed by atoms with E-state index in [0.717, 1.165) is 30.0 Å². The summed E-state index contributed by atoms with van der Waals surface area (Å²) in [5, 5.41) is 7.73. The van der Waals surface area contributed by atoms with Crippen LogP contribution < -0.4 is 5.32 Å². The van der Waals surface area contributed by atoms with Gasteiger partial charge in [-0.1, -0.05) is 6.92 Å². The van der Waals surface area contributed by atoms with E-state index in [1.165, 1.54) is 18.4 Å². The highest BCUT2D eigenvalue weighted by molar-refractivity contribution is 5.45. The zero-order valence-corrected chi connectivity index (χ0v) is 10.3. The highest BCUT2D eigenvalue weighted by atomic mass is 15.3. The Bertz CT molecular complexity index is 527. The van der Waals surface area contributed by atoms with Crippen molar-refractivity contribution in [1.82, 2.24) is 14.6 Å². The van der Waals surface area contributed by atoms with Crippen LogP contribution in [-0.4, -0.2) is 21.1 Å². The number of anilines is 1. The molecule has 0 spiro atoms. The summed E-state index contributed by atoms with van der Waals surface area (Å²) in [6.07, 6.45) is 4.73. The minimum Gasteiger partial charge on any atom is -0.353 e. The Morgan fingerprint density at radius 2 is 2.35 bits per heavy atom. The molecule has 2 aromatic rings. The second-order valence-corrected chi connectivity index (χ2v) is 5.14. The molecule has 0 aromatic carbocycles. The molecule has 0 radical (unpaired) electrons. The Balaban J connectivity index is 1.72. The number of rotatable bonds is 4. The molecule has 90 valence electrons. The number of nitrogens with zero attached hydrogens (tertiary/aromatic N) is 3. The van der Waals surface area contributed by atoms with Crippen LogP contribution in [0.3, 0.4) is 0 Å². The van der Waals surface area contributed by atoms with Crippen LogP contribution in [0.25, 0.3) is 5.65 Å². The third-order valence-corrected chi connectivity index (χ3v) is 3.50. The summed E-state index contributed by atoms with van der Waals surface area (Å²) < 4.78 is 1.82. The first-order chi connectivity index (χ1) is 8.22. The van der Waals surface area contributed by atoms with Crippen molar-refractivity contribution in [2.45, 2.75) is 26.7 Å². The van der Waals surface area contributed by atoms with E-state index < -0.39 is 0 Å². The summed E-state index contributed by atoms with van der Waals surface area (Å²) in [5.74, 6) is 2.38. The minimum atomic E-state index is 0.725. The van der Waals surface area contributed by atoms with E-state index in [1.54, 1.807) is 0 Å². The van der Waals surface area contributed by atoms with Crippen LogP contribution in [0.4, 0.5) is 5.95 Å². The number of aryl methyl sites for hydroxylation is 1. The molecule has 4 nitrogen and oxygen atoms in total. The predicted molar refractivity (Wildman–Crippen MR) is 68.1 cm³/mol. The predicted octanol–water partition coefficient (Wildman–Crippen LogP) is 2.50. The summed E-state index contributed by atoms with van der Waals surface area (Å²) >= 11 is 0. The van der Waals surface area contributed by atoms with Gasteiger partial charge in [0.25, 0.3) is 0 Å². The highest BCUT2D eigenvalue weighted by Crippen LogP contribution is 2.36. The van der Waals surface area contributed by atoms with Gasteiger partial charge in [0.05, 0.1) is 0 Å². The zero-order chi connectivity index (χ0) is 11.8. The average molecular weight is 230 g/mol. The molecular weight excluding hydrogens is 212 g/mol. The lowest BCUT2D eigenvalue weighted by atomic mass is 10.1. The standard InChI is InChI=1S/C13H18N4/c1-9-5-6-17-12(7-9)15-13(16-17)14-8-10(2)11-3-4-11/h5-7,10-11H,3-4,8H2,1-2H3,(H,14,16). The third-order valence-electron chi connectivity index (χ3n) is 3.50. The number of nitrogens with one attached hydrogen (secondary N) is 1. The molecule has 17 heavy (non-hydrogen) atoms. The molecule has 0 aliphatic heterocycles. The zero-order valence-electron chi connectivity index (χ0n) is 10.3. The summed E-state index contributed by atoms with van der Waals surface area (Å²) in [5.41, 5.74) is 2.12. The first kappa shape index (κ1) is 10.6. The molecule has 2 aromatic heterocycles. The Morgan fingerprint density at radius 1 is 1.53 bits per heavy atom. The molecule has 2 heterocycles. The Labute approximate surface area is 101 Å². The van der Waals surface area contributed by atoms with Crippen molar-refractivity contribution in [3.8, 4) is 0 Å². The van der Waals surface area contributed by atoms with E-state index in [2.05, 4.69) is 29.2 Å². The van der Waals surface area contributed by atoms with Gasteiger partial charge in [-0.15, -0.1) is 5.10 Å². The van der Waals surface area contributed by atoms with E-state index in [0.29, 0.717) is 0 Å². The largest absolute Gasteiger partial charge is 0.353 e. The second kappa shape index (κ2) is 4.02. The molecule has 3 rings (SSSR count). The maximum Gasteiger partial charge on any atom is 0.243 e. The van der Waals surface area contributed by atoms with Crippen molar-refractivity contribution in [3.05, 3.63) is 23.9 Å². The van der Waals surface area contributed by atoms with E-state index in [4.69, 9.17) is 0 Å². The SMILES string of the molecule is Cc1ccn2nc(NCC(C)C3CC3)nc2c1. The maximum atomic E-state index is 4.47. The quantitative estimate of drug-likeness (QED) is 0.877. The topological polar surface area (TPSA) is 42.2 Å². The van der Waals surface area contributed by atoms with E-state index in [9.17, 15) is 0 Å². The fourth-order valence-corrected chi connectivity index (χ4v) is 2.14. The van der Waals surface area contributed by atoms with Gasteiger partial charge in [-0.05, 0) is 49.3 Å². The molecule has 0 amide bonds. The monoisotopic (exact) mass is 230 g/mol. The van der Waals surface area contributed by atoms with Crippen LogP contribution in [0.2, 0.25) is 0 Å². The van der Waals surface area contributed by atoms with Gasteiger partial charge < -0.3 is 5.32 Å². The lowest BCUT2D eigenvalue weighted by Gasteiger charge is -2.08. The summed E-state index contributed by atoms with van der Waals surface area (Å²) in [4.78, 5) is 4.47. The lowest BCUT2D eigenvalue weighted by molar-refractivity contribution is 0.535. The van der Waals surface area contributed by atoms with Crippen LogP contribution in [0.15, 0.2) is 18.3 Å². The van der Waals surface area contributed by atoms with Gasteiger partial charge in [0.1, 0.15) is 0 Å². The van der Waals surface area contributed by atoms with E-state index in [-0.39, 0.29) is 0 Å². The molecule has 1 aliphatic carbocycles. The molecule has 4 heteroatoms. The van der Waals surface area contributed by atoms with Gasteiger partial charge in [-0.3, -0.25) is 0 Å². The molecule has 1 N–H and O–H groups in total. The Kier molecular flexibility index (Phi) is 2.50. The van der Waals surface area contributed by atoms with Crippen molar-refractivity contribution in [2.24, 2.45) is 11.8 Å². The van der Waals surface area contributed by atoms with E-state index in [1.807, 2.05) is 22.8 Å². The van der Waals surface area contributed by atoms with Gasteiger partial charge in [0.15, 0.2) is 5.65 Å². The molecule has 1 unspecified atom stereocenters. The number of hydrogen-bond acceptors (Lipinski definition) is 3. The number of aromatic nitrogens is 3. The fraction of sp³-hybridized carbons (Fsp3) is 0.538. The fourth-order valence-electron chi connectivity index (χ4n) is 2.14. The minimum absolute atomic E-state index is 0.725. The molecular formula is C13H18N4. The molecule has 0 bridgehead atoms. The van der Waals surface area contributed by atoms with Crippen molar-refractivity contribution in [1.29, 1.82) is 0 Å². The third kappa shape index (κ3) is 2.25. The molecule has 1 saturated carbocycles. The van der Waals surface area contributed by atoms with Gasteiger partial charge in [-0.25, -0.2) is 4.52 Å². The van der Waals surface area contributed by atoms with Crippen molar-refractivity contribution >= 4 is 11.6 Å². The lowest BCUT2D eigenvalue weighted by Crippen LogP contribution is -2.13. The van der Waals surface area contributed by atoms with Gasteiger partial charge >= 0.3 is 0 Å². The van der Waals surface area contributed by atoms with Crippen LogP contribution in [-0.2, 0) is 0 Å². The van der Waals surface area contributed by atoms with Crippen LogP contribution in [0, 0.1) is 18.8 Å². The van der Waals surface area contributed by atoms with Crippen LogP contribution >= 0.6 is 0 Å². The molecule has 1 atom stereocenters. The van der Waals surface area contributed by atoms with Crippen LogP contribution in [0.1, 0.15) is 25.3 Å². The first-order valence-corrected chi connectivity index (χ1v) is 6.29. The molecule has 0 saturated heterocycles. The van der Waals surface area contributed by atoms with Gasteiger partial charge in [0.2, 0.25) is 5.95 Å². The van der Waals surface area contributed by atoms with E-state index >= 15 is 0 Å². The van der Waals surface area contributed by atoms with Crippen molar-refractivity contribution < 1.29 is 0 Å². The number of hydrogen-bond donors (Lipinski definition) is 1. The smallest absolute Gasteiger partial charge is 0.243 e. The average Bonchev–Trinajstić information content (AvgIpc) is 3.07. The number of pyridine rings is 1. The summed E-state index contributed by atoms with van der Waals surface area (Å²) in [6, 6.07) is 4.08. The first-order valence-electron chi connectivity index (χ1n) is 6.29. The molecule has 1 aliphatic rings. The second-order valence-electron chi connectivity index (χ2n) is 5.14. The van der Waals surface area contributed by atoms with Crippen LogP contribution in [0.5, 0.6) is 0 Å².